The molecule has 0 heterocycles. The van der Waals surface area contributed by atoms with Crippen molar-refractivity contribution in [1.82, 2.24) is 0 Å². The Morgan fingerprint density at radius 3 is 2.44 bits per heavy atom. The fourth-order valence-corrected chi connectivity index (χ4v) is 1.64. The third-order valence-electron chi connectivity index (χ3n) is 2.70. The van der Waals surface area contributed by atoms with Gasteiger partial charge in [-0.1, -0.05) is 49.1 Å². The van der Waals surface area contributed by atoms with E-state index in [4.69, 9.17) is 9.84 Å². The van der Waals surface area contributed by atoms with Gasteiger partial charge in [0.2, 0.25) is 0 Å². The summed E-state index contributed by atoms with van der Waals surface area (Å²) in [4.78, 5) is 0. The molecule has 18 heavy (non-hydrogen) atoms. The Morgan fingerprint density at radius 1 is 1.06 bits per heavy atom. The van der Waals surface area contributed by atoms with Crippen molar-refractivity contribution in [3.8, 4) is 5.75 Å². The van der Waals surface area contributed by atoms with Crippen molar-refractivity contribution < 1.29 is 9.84 Å². The van der Waals surface area contributed by atoms with E-state index >= 15 is 0 Å². The Bertz CT molecular complexity index is 515. The van der Waals surface area contributed by atoms with E-state index in [1.165, 1.54) is 0 Å². The van der Waals surface area contributed by atoms with Crippen molar-refractivity contribution in [3.63, 3.8) is 0 Å². The highest BCUT2D eigenvalue weighted by Crippen LogP contribution is 2.16. The van der Waals surface area contributed by atoms with Gasteiger partial charge in [0.1, 0.15) is 12.4 Å². The van der Waals surface area contributed by atoms with E-state index in [2.05, 4.69) is 6.58 Å². The Balaban J connectivity index is 1.99. The molecule has 0 aliphatic carbocycles. The third kappa shape index (κ3) is 3.22. The van der Waals surface area contributed by atoms with Crippen LogP contribution >= 0.6 is 0 Å². The van der Waals surface area contributed by atoms with Crippen LogP contribution in [0.3, 0.4) is 0 Å². The monoisotopic (exact) mass is 240 g/mol. The van der Waals surface area contributed by atoms with Crippen LogP contribution in [0.15, 0.2) is 55.1 Å². The molecular formula is C16H16O2. The van der Waals surface area contributed by atoms with Gasteiger partial charge in [-0.2, -0.15) is 0 Å². The van der Waals surface area contributed by atoms with Gasteiger partial charge in [-0.25, -0.2) is 0 Å². The van der Waals surface area contributed by atoms with Gasteiger partial charge in [0.15, 0.2) is 0 Å². The molecule has 0 spiro atoms. The lowest BCUT2D eigenvalue weighted by Gasteiger charge is -2.07. The summed E-state index contributed by atoms with van der Waals surface area (Å²) in [7, 11) is 0. The maximum absolute atomic E-state index is 8.95. The highest BCUT2D eigenvalue weighted by atomic mass is 16.5. The van der Waals surface area contributed by atoms with E-state index < -0.39 is 0 Å². The van der Waals surface area contributed by atoms with Crippen molar-refractivity contribution >= 4 is 6.08 Å². The zero-order valence-corrected chi connectivity index (χ0v) is 10.2. The van der Waals surface area contributed by atoms with Crippen molar-refractivity contribution in [3.05, 3.63) is 71.8 Å². The first-order valence-electron chi connectivity index (χ1n) is 5.86. The summed E-state index contributed by atoms with van der Waals surface area (Å²) in [6.07, 6.45) is 1.79. The molecule has 2 rings (SSSR count). The second-order valence-electron chi connectivity index (χ2n) is 4.04. The number of aliphatic hydroxyl groups excluding tert-OH is 1. The first-order chi connectivity index (χ1) is 8.81. The topological polar surface area (TPSA) is 29.5 Å². The highest BCUT2D eigenvalue weighted by Gasteiger charge is 1.97. The lowest BCUT2D eigenvalue weighted by Crippen LogP contribution is -1.96. The van der Waals surface area contributed by atoms with E-state index in [1.54, 1.807) is 6.08 Å². The summed E-state index contributed by atoms with van der Waals surface area (Å²) in [5, 5.41) is 8.95. The molecule has 0 radical (unpaired) electrons. The van der Waals surface area contributed by atoms with Crippen LogP contribution in [0.2, 0.25) is 0 Å². The van der Waals surface area contributed by atoms with Gasteiger partial charge in [0.25, 0.3) is 0 Å². The molecule has 0 fully saturated rings. The predicted molar refractivity (Wildman–Crippen MR) is 73.2 cm³/mol. The largest absolute Gasteiger partial charge is 0.489 e. The quantitative estimate of drug-likeness (QED) is 0.868. The van der Waals surface area contributed by atoms with Gasteiger partial charge >= 0.3 is 0 Å². The predicted octanol–water partition coefficient (Wildman–Crippen LogP) is 3.40. The number of rotatable bonds is 5. The van der Waals surface area contributed by atoms with Crippen LogP contribution in [0.4, 0.5) is 0 Å². The van der Waals surface area contributed by atoms with Crippen LogP contribution in [0, 0.1) is 0 Å². The van der Waals surface area contributed by atoms with E-state index in [0.29, 0.717) is 6.61 Å². The molecule has 2 nitrogen and oxygen atoms in total. The van der Waals surface area contributed by atoms with E-state index in [9.17, 15) is 0 Å². The van der Waals surface area contributed by atoms with Gasteiger partial charge in [0.05, 0.1) is 6.61 Å². The summed E-state index contributed by atoms with van der Waals surface area (Å²) in [5.41, 5.74) is 3.03. The van der Waals surface area contributed by atoms with Gasteiger partial charge in [0, 0.05) is 0 Å². The lowest BCUT2D eigenvalue weighted by atomic mass is 10.1. The summed E-state index contributed by atoms with van der Waals surface area (Å²) >= 11 is 0. The van der Waals surface area contributed by atoms with Crippen LogP contribution < -0.4 is 4.74 Å². The molecule has 0 bridgehead atoms. The van der Waals surface area contributed by atoms with E-state index in [-0.39, 0.29) is 6.61 Å². The van der Waals surface area contributed by atoms with Gasteiger partial charge < -0.3 is 9.84 Å². The van der Waals surface area contributed by atoms with Crippen molar-refractivity contribution in [2.75, 3.05) is 0 Å². The minimum absolute atomic E-state index is 0.0719. The van der Waals surface area contributed by atoms with Crippen molar-refractivity contribution in [1.29, 1.82) is 0 Å². The molecule has 0 aromatic heterocycles. The molecule has 2 heteroatoms. The van der Waals surface area contributed by atoms with Gasteiger partial charge in [-0.3, -0.25) is 0 Å². The summed E-state index contributed by atoms with van der Waals surface area (Å²) in [6.45, 7) is 4.32. The smallest absolute Gasteiger partial charge is 0.120 e. The highest BCUT2D eigenvalue weighted by molar-refractivity contribution is 5.49. The number of hydrogen-bond donors (Lipinski definition) is 1. The average Bonchev–Trinajstić information content (AvgIpc) is 2.46. The normalized spacial score (nSPS) is 10.1. The summed E-state index contributed by atoms with van der Waals surface area (Å²) in [6, 6.07) is 15.5. The van der Waals surface area contributed by atoms with Crippen molar-refractivity contribution in [2.45, 2.75) is 13.2 Å². The van der Waals surface area contributed by atoms with Gasteiger partial charge in [-0.05, 0) is 28.8 Å². The second-order valence-corrected chi connectivity index (χ2v) is 4.04. The van der Waals surface area contributed by atoms with Crippen molar-refractivity contribution in [2.24, 2.45) is 0 Å². The minimum atomic E-state index is 0.0719. The van der Waals surface area contributed by atoms with Crippen LogP contribution in [-0.2, 0) is 13.2 Å². The molecule has 0 saturated carbocycles. The lowest BCUT2D eigenvalue weighted by molar-refractivity contribution is 0.281. The van der Waals surface area contributed by atoms with Crippen LogP contribution in [-0.4, -0.2) is 5.11 Å². The van der Waals surface area contributed by atoms with E-state index in [0.717, 1.165) is 22.4 Å². The SMILES string of the molecule is C=Cc1cccc(OCc2ccc(CO)cc2)c1. The number of ether oxygens (including phenoxy) is 1. The number of benzene rings is 2. The minimum Gasteiger partial charge on any atom is -0.489 e. The molecule has 0 aliphatic rings. The molecule has 0 aliphatic heterocycles. The standard InChI is InChI=1S/C16H16O2/c1-2-13-4-3-5-16(10-13)18-12-15-8-6-14(11-17)7-9-15/h2-10,17H,1,11-12H2. The molecule has 2 aromatic carbocycles. The third-order valence-corrected chi connectivity index (χ3v) is 2.70. The second kappa shape index (κ2) is 6.03. The average molecular weight is 240 g/mol. The summed E-state index contributed by atoms with van der Waals surface area (Å²) in [5.74, 6) is 0.832. The molecule has 0 saturated heterocycles. The molecule has 0 amide bonds. The molecule has 2 aromatic rings. The maximum atomic E-state index is 8.95. The fourth-order valence-electron chi connectivity index (χ4n) is 1.64. The Kier molecular flexibility index (Phi) is 4.15. The Labute approximate surface area is 107 Å². The zero-order chi connectivity index (χ0) is 12.8. The molecule has 0 unspecified atom stereocenters. The van der Waals surface area contributed by atoms with Crippen LogP contribution in [0.25, 0.3) is 6.08 Å². The maximum Gasteiger partial charge on any atom is 0.120 e. The number of hydrogen-bond acceptors (Lipinski definition) is 2. The molecule has 92 valence electrons. The Hall–Kier alpha value is -2.06. The summed E-state index contributed by atoms with van der Waals surface area (Å²) < 4.78 is 5.70. The molecule has 1 N–H and O–H groups in total. The van der Waals surface area contributed by atoms with Gasteiger partial charge in [-0.15, -0.1) is 0 Å². The van der Waals surface area contributed by atoms with Crippen LogP contribution in [0.5, 0.6) is 5.75 Å². The molecule has 0 atom stereocenters. The zero-order valence-electron chi connectivity index (χ0n) is 10.2. The first kappa shape index (κ1) is 12.4. The van der Waals surface area contributed by atoms with Crippen LogP contribution in [0.1, 0.15) is 16.7 Å². The number of aliphatic hydroxyl groups is 1. The molecular weight excluding hydrogens is 224 g/mol. The first-order valence-corrected chi connectivity index (χ1v) is 5.86. The fraction of sp³-hybridized carbons (Fsp3) is 0.125. The Morgan fingerprint density at radius 2 is 1.78 bits per heavy atom. The van der Waals surface area contributed by atoms with E-state index in [1.807, 2.05) is 48.5 Å².